The first kappa shape index (κ1) is 33.4. The van der Waals surface area contributed by atoms with Crippen LogP contribution in [0, 0.1) is 0 Å². The predicted octanol–water partition coefficient (Wildman–Crippen LogP) is 3.84. The van der Waals surface area contributed by atoms with Crippen LogP contribution in [0.4, 0.5) is 4.79 Å². The first-order chi connectivity index (χ1) is 18.9. The van der Waals surface area contributed by atoms with E-state index in [0.29, 0.717) is 6.61 Å². The van der Waals surface area contributed by atoms with Crippen molar-refractivity contribution in [3.8, 4) is 0 Å². The van der Waals surface area contributed by atoms with Crippen LogP contribution in [0.15, 0.2) is 60.7 Å². The molecule has 0 aliphatic heterocycles. The topological polar surface area (TPSA) is 142 Å². The fraction of sp³-hybridized carbons (Fsp3) is 0.481. The van der Waals surface area contributed by atoms with Crippen molar-refractivity contribution in [2.24, 2.45) is 0 Å². The number of benzene rings is 2. The number of carbonyl (C=O) groups is 2. The summed E-state index contributed by atoms with van der Waals surface area (Å²) >= 11 is 0. The standard InChI is InChI=1S/C27H39N2O10P/c1-27(2,3)39-26(31)28-24(25(30)29(4)34-5)20-38-40(32,33)37-19-23(36-17-22-14-10-7-11-15-22)18-35-16-21-12-8-6-9-13-21/h6-15,23-24H,16-20H2,1-5H3,(H,28,31)(H,32,33)/t23-,24+/m0/s1. The first-order valence-corrected chi connectivity index (χ1v) is 14.1. The number of amides is 2. The van der Waals surface area contributed by atoms with Gasteiger partial charge in [-0.15, -0.1) is 0 Å². The van der Waals surface area contributed by atoms with E-state index in [9.17, 15) is 19.0 Å². The van der Waals surface area contributed by atoms with Crippen molar-refractivity contribution in [3.63, 3.8) is 0 Å². The Morgan fingerprint density at radius 2 is 1.48 bits per heavy atom. The van der Waals surface area contributed by atoms with Crippen LogP contribution in [0.3, 0.4) is 0 Å². The van der Waals surface area contributed by atoms with Gasteiger partial charge >= 0.3 is 13.9 Å². The molecular formula is C27H39N2O10P. The van der Waals surface area contributed by atoms with Crippen LogP contribution in [0.25, 0.3) is 0 Å². The molecule has 2 N–H and O–H groups in total. The van der Waals surface area contributed by atoms with Gasteiger partial charge in [0.15, 0.2) is 0 Å². The van der Waals surface area contributed by atoms with E-state index in [0.717, 1.165) is 16.2 Å². The lowest BCUT2D eigenvalue weighted by molar-refractivity contribution is -0.171. The van der Waals surface area contributed by atoms with Crippen molar-refractivity contribution in [2.75, 3.05) is 34.0 Å². The largest absolute Gasteiger partial charge is 0.472 e. The number of phosphoric acid groups is 1. The molecule has 0 bridgehead atoms. The number of rotatable bonds is 16. The molecule has 0 fully saturated rings. The highest BCUT2D eigenvalue weighted by Gasteiger charge is 2.32. The lowest BCUT2D eigenvalue weighted by atomic mass is 10.2. The summed E-state index contributed by atoms with van der Waals surface area (Å²) < 4.78 is 39.7. The highest BCUT2D eigenvalue weighted by Crippen LogP contribution is 2.43. The average Bonchev–Trinajstić information content (AvgIpc) is 2.91. The molecular weight excluding hydrogens is 543 g/mol. The zero-order valence-corrected chi connectivity index (χ0v) is 24.4. The molecule has 2 aromatic rings. The molecule has 1 unspecified atom stereocenters. The third-order valence-electron chi connectivity index (χ3n) is 5.15. The molecule has 222 valence electrons. The molecule has 2 amide bonds. The Bertz CT molecular complexity index is 1080. The van der Waals surface area contributed by atoms with Gasteiger partial charge in [0.25, 0.3) is 5.91 Å². The number of likely N-dealkylation sites (N-methyl/N-ethyl adjacent to an activating group) is 1. The van der Waals surface area contributed by atoms with Crippen LogP contribution in [0.1, 0.15) is 31.9 Å². The average molecular weight is 583 g/mol. The quantitative estimate of drug-likeness (QED) is 0.221. The van der Waals surface area contributed by atoms with E-state index >= 15 is 0 Å². The number of phosphoric ester groups is 1. The van der Waals surface area contributed by atoms with E-state index < -0.39 is 44.2 Å². The molecule has 0 radical (unpaired) electrons. The van der Waals surface area contributed by atoms with Crippen molar-refractivity contribution in [2.45, 2.75) is 51.7 Å². The molecule has 2 rings (SSSR count). The minimum absolute atomic E-state index is 0.0711. The van der Waals surface area contributed by atoms with E-state index in [1.807, 2.05) is 60.7 Å². The van der Waals surface area contributed by atoms with Gasteiger partial charge in [0.2, 0.25) is 0 Å². The summed E-state index contributed by atoms with van der Waals surface area (Å²) in [7, 11) is -2.13. The van der Waals surface area contributed by atoms with Crippen molar-refractivity contribution < 1.29 is 47.1 Å². The Morgan fingerprint density at radius 1 is 0.925 bits per heavy atom. The van der Waals surface area contributed by atoms with Gasteiger partial charge in [-0.25, -0.2) is 14.4 Å². The zero-order chi connectivity index (χ0) is 29.6. The first-order valence-electron chi connectivity index (χ1n) is 12.6. The van der Waals surface area contributed by atoms with Crippen LogP contribution < -0.4 is 5.32 Å². The fourth-order valence-corrected chi connectivity index (χ4v) is 3.90. The van der Waals surface area contributed by atoms with Crippen molar-refractivity contribution >= 4 is 19.8 Å². The summed E-state index contributed by atoms with van der Waals surface area (Å²) in [5, 5.41) is 3.16. The number of carbonyl (C=O) groups excluding carboxylic acids is 2. The summed E-state index contributed by atoms with van der Waals surface area (Å²) in [5.74, 6) is -0.744. The predicted molar refractivity (Wildman–Crippen MR) is 146 cm³/mol. The Labute approximate surface area is 235 Å². The molecule has 12 nitrogen and oxygen atoms in total. The van der Waals surface area contributed by atoms with E-state index in [1.165, 1.54) is 14.2 Å². The zero-order valence-electron chi connectivity index (χ0n) is 23.5. The Balaban J connectivity index is 1.98. The maximum atomic E-state index is 12.7. The normalized spacial score (nSPS) is 14.6. The van der Waals surface area contributed by atoms with Crippen LogP contribution in [-0.2, 0) is 50.7 Å². The summed E-state index contributed by atoms with van der Waals surface area (Å²) in [6.45, 7) is 4.52. The van der Waals surface area contributed by atoms with Crippen LogP contribution in [-0.4, -0.2) is 73.7 Å². The van der Waals surface area contributed by atoms with Crippen LogP contribution in [0.2, 0.25) is 0 Å². The SMILES string of the molecule is CON(C)C(=O)[C@@H](COP(=O)(O)OC[C@H](COCc1ccccc1)OCc1ccccc1)NC(=O)OC(C)(C)C. The van der Waals surface area contributed by atoms with Crippen LogP contribution in [0.5, 0.6) is 0 Å². The Morgan fingerprint density at radius 3 is 2.02 bits per heavy atom. The third-order valence-corrected chi connectivity index (χ3v) is 6.10. The number of hydroxylamine groups is 2. The summed E-state index contributed by atoms with van der Waals surface area (Å²) in [6.07, 6.45) is -1.64. The van der Waals surface area contributed by atoms with Gasteiger partial charge in [0.1, 0.15) is 17.7 Å². The maximum absolute atomic E-state index is 12.7. The number of ether oxygens (including phenoxy) is 3. The van der Waals surface area contributed by atoms with Gasteiger partial charge in [-0.1, -0.05) is 60.7 Å². The second kappa shape index (κ2) is 16.4. The van der Waals surface area contributed by atoms with Gasteiger partial charge in [-0.05, 0) is 31.9 Å². The van der Waals surface area contributed by atoms with Crippen molar-refractivity contribution in [3.05, 3.63) is 71.8 Å². The molecule has 0 saturated heterocycles. The van der Waals surface area contributed by atoms with Crippen LogP contribution >= 0.6 is 7.82 Å². The monoisotopic (exact) mass is 582 g/mol. The van der Waals surface area contributed by atoms with Crippen molar-refractivity contribution in [1.29, 1.82) is 0 Å². The summed E-state index contributed by atoms with van der Waals surface area (Å²) in [6, 6.07) is 17.5. The molecule has 40 heavy (non-hydrogen) atoms. The molecule has 3 atom stereocenters. The second-order valence-electron chi connectivity index (χ2n) is 9.70. The molecule has 0 saturated carbocycles. The van der Waals surface area contributed by atoms with E-state index in [-0.39, 0.29) is 19.8 Å². The summed E-state index contributed by atoms with van der Waals surface area (Å²) in [5.41, 5.74) is 1.02. The maximum Gasteiger partial charge on any atom is 0.472 e. The van der Waals surface area contributed by atoms with Gasteiger partial charge < -0.3 is 24.4 Å². The van der Waals surface area contributed by atoms with Gasteiger partial charge in [0, 0.05) is 7.05 Å². The van der Waals surface area contributed by atoms with E-state index in [2.05, 4.69) is 5.32 Å². The molecule has 0 aromatic heterocycles. The molecule has 13 heteroatoms. The molecule has 0 aliphatic carbocycles. The molecule has 0 heterocycles. The number of alkyl carbamates (subject to hydrolysis) is 1. The molecule has 2 aromatic carbocycles. The fourth-order valence-electron chi connectivity index (χ4n) is 3.13. The number of hydrogen-bond acceptors (Lipinski definition) is 9. The van der Waals surface area contributed by atoms with Crippen molar-refractivity contribution in [1.82, 2.24) is 10.4 Å². The second-order valence-corrected chi connectivity index (χ2v) is 11.2. The van der Waals surface area contributed by atoms with E-state index in [4.69, 9.17) is 28.1 Å². The Hall–Kier alpha value is -2.83. The molecule has 0 aliphatic rings. The number of nitrogens with one attached hydrogen (secondary N) is 1. The smallest absolute Gasteiger partial charge is 0.444 e. The Kier molecular flexibility index (Phi) is 13.7. The number of nitrogens with zero attached hydrogens (tertiary/aromatic N) is 1. The lowest BCUT2D eigenvalue weighted by Crippen LogP contribution is -2.50. The third kappa shape index (κ3) is 13.5. The van der Waals surface area contributed by atoms with Gasteiger partial charge in [-0.2, -0.15) is 0 Å². The summed E-state index contributed by atoms with van der Waals surface area (Å²) in [4.78, 5) is 40.0. The minimum Gasteiger partial charge on any atom is -0.444 e. The van der Waals surface area contributed by atoms with E-state index in [1.54, 1.807) is 20.8 Å². The highest BCUT2D eigenvalue weighted by atomic mass is 31.2. The highest BCUT2D eigenvalue weighted by molar-refractivity contribution is 7.47. The number of hydrogen-bond donors (Lipinski definition) is 2. The molecule has 0 spiro atoms. The minimum atomic E-state index is -4.69. The van der Waals surface area contributed by atoms with Gasteiger partial charge in [-0.3, -0.25) is 18.7 Å². The lowest BCUT2D eigenvalue weighted by Gasteiger charge is -2.26. The van der Waals surface area contributed by atoms with Gasteiger partial charge in [0.05, 0.1) is 40.1 Å².